The molecule has 0 spiro atoms. The molecular weight excluding hydrogens is 189 g/mol. The van der Waals surface area contributed by atoms with E-state index in [2.05, 4.69) is 17.5 Å². The standard InChI is InChI=1S/C13H16FN/c1-10-9-12(7-8-13(10)14)15-11-5-3-2-4-6-11/h3,5,7-9,11,15H,2,4,6H2,1H3. The fourth-order valence-electron chi connectivity index (χ4n) is 1.88. The van der Waals surface area contributed by atoms with Gasteiger partial charge in [0.25, 0.3) is 0 Å². The molecule has 0 heterocycles. The number of benzene rings is 1. The van der Waals surface area contributed by atoms with Crippen LogP contribution in [-0.2, 0) is 0 Å². The van der Waals surface area contributed by atoms with Gasteiger partial charge >= 0.3 is 0 Å². The second-order valence-electron chi connectivity index (χ2n) is 4.07. The second-order valence-corrected chi connectivity index (χ2v) is 4.07. The Morgan fingerprint density at radius 1 is 1.40 bits per heavy atom. The third-order valence-corrected chi connectivity index (χ3v) is 2.76. The van der Waals surface area contributed by atoms with Crippen molar-refractivity contribution in [3.05, 3.63) is 41.7 Å². The summed E-state index contributed by atoms with van der Waals surface area (Å²) in [5.41, 5.74) is 1.70. The van der Waals surface area contributed by atoms with Gasteiger partial charge in [-0.05, 0) is 49.9 Å². The zero-order valence-electron chi connectivity index (χ0n) is 8.96. The van der Waals surface area contributed by atoms with E-state index in [1.165, 1.54) is 18.9 Å². The Hall–Kier alpha value is -1.31. The largest absolute Gasteiger partial charge is 0.379 e. The molecule has 1 aliphatic rings. The van der Waals surface area contributed by atoms with Gasteiger partial charge in [-0.25, -0.2) is 4.39 Å². The number of hydrogen-bond donors (Lipinski definition) is 1. The van der Waals surface area contributed by atoms with Gasteiger partial charge in [-0.1, -0.05) is 12.2 Å². The number of aryl methyl sites for hydroxylation is 1. The molecule has 1 aliphatic carbocycles. The highest BCUT2D eigenvalue weighted by Crippen LogP contribution is 2.18. The number of allylic oxidation sites excluding steroid dienone is 1. The quantitative estimate of drug-likeness (QED) is 0.726. The topological polar surface area (TPSA) is 12.0 Å². The molecule has 1 aromatic carbocycles. The Morgan fingerprint density at radius 3 is 2.93 bits per heavy atom. The normalized spacial score (nSPS) is 20.3. The summed E-state index contributed by atoms with van der Waals surface area (Å²) in [5.74, 6) is -0.139. The van der Waals surface area contributed by atoms with E-state index in [0.717, 1.165) is 12.1 Å². The van der Waals surface area contributed by atoms with E-state index in [0.29, 0.717) is 11.6 Å². The second kappa shape index (κ2) is 4.47. The predicted octanol–water partition coefficient (Wildman–Crippen LogP) is 3.65. The van der Waals surface area contributed by atoms with Crippen LogP contribution < -0.4 is 5.32 Å². The maximum Gasteiger partial charge on any atom is 0.126 e. The molecule has 0 aromatic heterocycles. The number of hydrogen-bond acceptors (Lipinski definition) is 1. The molecule has 0 fully saturated rings. The lowest BCUT2D eigenvalue weighted by Crippen LogP contribution is -2.18. The van der Waals surface area contributed by atoms with Gasteiger partial charge in [0, 0.05) is 11.7 Å². The Balaban J connectivity index is 2.07. The lowest BCUT2D eigenvalue weighted by molar-refractivity contribution is 0.618. The monoisotopic (exact) mass is 205 g/mol. The van der Waals surface area contributed by atoms with Crippen molar-refractivity contribution in [2.75, 3.05) is 5.32 Å². The first-order valence-electron chi connectivity index (χ1n) is 5.45. The Bertz CT molecular complexity index is 371. The van der Waals surface area contributed by atoms with Crippen LogP contribution in [0.1, 0.15) is 24.8 Å². The van der Waals surface area contributed by atoms with Crippen LogP contribution in [0, 0.1) is 12.7 Å². The summed E-state index contributed by atoms with van der Waals surface area (Å²) in [5, 5.41) is 3.40. The summed E-state index contributed by atoms with van der Waals surface area (Å²) in [6, 6.07) is 5.58. The van der Waals surface area contributed by atoms with Gasteiger partial charge < -0.3 is 5.32 Å². The van der Waals surface area contributed by atoms with E-state index in [1.807, 2.05) is 6.07 Å². The summed E-state index contributed by atoms with van der Waals surface area (Å²) < 4.78 is 13.0. The molecule has 1 atom stereocenters. The first-order chi connectivity index (χ1) is 7.25. The van der Waals surface area contributed by atoms with Crippen LogP contribution in [0.2, 0.25) is 0 Å². The average molecular weight is 205 g/mol. The minimum Gasteiger partial charge on any atom is -0.379 e. The van der Waals surface area contributed by atoms with E-state index in [-0.39, 0.29) is 5.82 Å². The first kappa shape index (κ1) is 10.2. The summed E-state index contributed by atoms with van der Waals surface area (Å²) in [6.45, 7) is 1.79. The van der Waals surface area contributed by atoms with Crippen LogP contribution in [-0.4, -0.2) is 6.04 Å². The fourth-order valence-corrected chi connectivity index (χ4v) is 1.88. The molecule has 80 valence electrons. The van der Waals surface area contributed by atoms with Gasteiger partial charge in [0.15, 0.2) is 0 Å². The lowest BCUT2D eigenvalue weighted by atomic mass is 10.0. The van der Waals surface area contributed by atoms with E-state index in [4.69, 9.17) is 0 Å². The zero-order valence-corrected chi connectivity index (χ0v) is 8.96. The highest BCUT2D eigenvalue weighted by atomic mass is 19.1. The van der Waals surface area contributed by atoms with Gasteiger partial charge in [0.2, 0.25) is 0 Å². The molecule has 0 aliphatic heterocycles. The molecule has 0 amide bonds. The fraction of sp³-hybridized carbons (Fsp3) is 0.385. The molecule has 0 saturated heterocycles. The molecular formula is C13H16FN. The van der Waals surface area contributed by atoms with Crippen molar-refractivity contribution in [2.24, 2.45) is 0 Å². The van der Waals surface area contributed by atoms with Gasteiger partial charge in [-0.2, -0.15) is 0 Å². The summed E-state index contributed by atoms with van der Waals surface area (Å²) in [4.78, 5) is 0. The van der Waals surface area contributed by atoms with Gasteiger partial charge in [-0.15, -0.1) is 0 Å². The summed E-state index contributed by atoms with van der Waals surface area (Å²) >= 11 is 0. The van der Waals surface area contributed by atoms with Crippen molar-refractivity contribution in [3.8, 4) is 0 Å². The minimum atomic E-state index is -0.139. The third-order valence-electron chi connectivity index (χ3n) is 2.76. The predicted molar refractivity (Wildman–Crippen MR) is 61.5 cm³/mol. The van der Waals surface area contributed by atoms with Crippen LogP contribution in [0.5, 0.6) is 0 Å². The van der Waals surface area contributed by atoms with Crippen molar-refractivity contribution < 1.29 is 4.39 Å². The van der Waals surface area contributed by atoms with Crippen LogP contribution in [0.4, 0.5) is 10.1 Å². The highest BCUT2D eigenvalue weighted by Gasteiger charge is 2.08. The number of anilines is 1. The lowest BCUT2D eigenvalue weighted by Gasteiger charge is -2.19. The maximum absolute atomic E-state index is 13.0. The number of halogens is 1. The maximum atomic E-state index is 13.0. The average Bonchev–Trinajstić information content (AvgIpc) is 2.25. The first-order valence-corrected chi connectivity index (χ1v) is 5.45. The molecule has 1 aromatic rings. The molecule has 1 N–H and O–H groups in total. The minimum absolute atomic E-state index is 0.139. The molecule has 1 nitrogen and oxygen atoms in total. The molecule has 0 saturated carbocycles. The molecule has 0 bridgehead atoms. The number of nitrogens with one attached hydrogen (secondary N) is 1. The van der Waals surface area contributed by atoms with E-state index in [9.17, 15) is 4.39 Å². The van der Waals surface area contributed by atoms with Gasteiger partial charge in [0.1, 0.15) is 5.82 Å². The van der Waals surface area contributed by atoms with Crippen molar-refractivity contribution in [1.29, 1.82) is 0 Å². The van der Waals surface area contributed by atoms with Crippen LogP contribution in [0.15, 0.2) is 30.4 Å². The Kier molecular flexibility index (Phi) is 3.05. The van der Waals surface area contributed by atoms with E-state index >= 15 is 0 Å². The molecule has 2 heteroatoms. The molecule has 0 radical (unpaired) electrons. The van der Waals surface area contributed by atoms with Crippen molar-refractivity contribution in [2.45, 2.75) is 32.2 Å². The SMILES string of the molecule is Cc1cc(NC2C=CCCC2)ccc1F. The summed E-state index contributed by atoms with van der Waals surface area (Å²) in [7, 11) is 0. The number of rotatable bonds is 2. The van der Waals surface area contributed by atoms with E-state index < -0.39 is 0 Å². The van der Waals surface area contributed by atoms with Crippen molar-refractivity contribution >= 4 is 5.69 Å². The molecule has 1 unspecified atom stereocenters. The molecule has 15 heavy (non-hydrogen) atoms. The Labute approximate surface area is 90.0 Å². The Morgan fingerprint density at radius 2 is 2.27 bits per heavy atom. The van der Waals surface area contributed by atoms with Crippen molar-refractivity contribution in [1.82, 2.24) is 0 Å². The zero-order chi connectivity index (χ0) is 10.7. The van der Waals surface area contributed by atoms with E-state index in [1.54, 1.807) is 13.0 Å². The highest BCUT2D eigenvalue weighted by molar-refractivity contribution is 5.47. The van der Waals surface area contributed by atoms with Gasteiger partial charge in [0.05, 0.1) is 0 Å². The third kappa shape index (κ3) is 2.58. The van der Waals surface area contributed by atoms with Gasteiger partial charge in [-0.3, -0.25) is 0 Å². The smallest absolute Gasteiger partial charge is 0.126 e. The van der Waals surface area contributed by atoms with Crippen LogP contribution in [0.3, 0.4) is 0 Å². The van der Waals surface area contributed by atoms with Crippen molar-refractivity contribution in [3.63, 3.8) is 0 Å². The van der Waals surface area contributed by atoms with Crippen LogP contribution >= 0.6 is 0 Å². The summed E-state index contributed by atoms with van der Waals surface area (Å²) in [6.07, 6.45) is 7.97. The van der Waals surface area contributed by atoms with Crippen LogP contribution in [0.25, 0.3) is 0 Å². The molecule has 2 rings (SSSR count).